The standard InChI is InChI=1S/C14H16N4O2/c1-2-20-14(19)18-13-6-5-12(10-17-13)16-9-11-4-3-7-15-8-11/h3-8,10,16H,2,9H2,1H3,(H,17,18,19). The summed E-state index contributed by atoms with van der Waals surface area (Å²) in [5.74, 6) is 0.454. The van der Waals surface area contributed by atoms with E-state index < -0.39 is 6.09 Å². The minimum atomic E-state index is -0.504. The van der Waals surface area contributed by atoms with Crippen LogP contribution >= 0.6 is 0 Å². The van der Waals surface area contributed by atoms with E-state index in [4.69, 9.17) is 4.74 Å². The molecule has 0 aliphatic carbocycles. The lowest BCUT2D eigenvalue weighted by atomic mass is 10.3. The smallest absolute Gasteiger partial charge is 0.412 e. The number of aromatic nitrogens is 2. The van der Waals surface area contributed by atoms with Gasteiger partial charge in [0.15, 0.2) is 0 Å². The number of ether oxygens (including phenoxy) is 1. The summed E-state index contributed by atoms with van der Waals surface area (Å²) < 4.78 is 4.77. The molecule has 2 heterocycles. The van der Waals surface area contributed by atoms with Crippen molar-refractivity contribution in [2.75, 3.05) is 17.2 Å². The highest BCUT2D eigenvalue weighted by Gasteiger charge is 2.02. The summed E-state index contributed by atoms with van der Waals surface area (Å²) in [6, 6.07) is 7.43. The average molecular weight is 272 g/mol. The van der Waals surface area contributed by atoms with Crippen molar-refractivity contribution in [2.45, 2.75) is 13.5 Å². The Labute approximate surface area is 117 Å². The summed E-state index contributed by atoms with van der Waals surface area (Å²) in [4.78, 5) is 19.4. The molecule has 0 atom stereocenters. The SMILES string of the molecule is CCOC(=O)Nc1ccc(NCc2cccnc2)cn1. The Morgan fingerprint density at radius 2 is 2.20 bits per heavy atom. The predicted octanol–water partition coefficient (Wildman–Crippen LogP) is 2.66. The summed E-state index contributed by atoms with van der Waals surface area (Å²) in [7, 11) is 0. The monoisotopic (exact) mass is 272 g/mol. The zero-order valence-corrected chi connectivity index (χ0v) is 11.2. The van der Waals surface area contributed by atoms with Crippen LogP contribution in [0.25, 0.3) is 0 Å². The molecule has 20 heavy (non-hydrogen) atoms. The molecule has 6 nitrogen and oxygen atoms in total. The van der Waals surface area contributed by atoms with Crippen LogP contribution < -0.4 is 10.6 Å². The van der Waals surface area contributed by atoms with Gasteiger partial charge in [0.25, 0.3) is 0 Å². The number of amides is 1. The van der Waals surface area contributed by atoms with Crippen LogP contribution in [0.15, 0.2) is 42.9 Å². The van der Waals surface area contributed by atoms with E-state index in [0.717, 1.165) is 11.3 Å². The van der Waals surface area contributed by atoms with E-state index in [1.54, 1.807) is 31.6 Å². The number of rotatable bonds is 5. The molecule has 0 saturated carbocycles. The second-order valence-electron chi connectivity index (χ2n) is 3.99. The molecular formula is C14H16N4O2. The number of nitrogens with zero attached hydrogens (tertiary/aromatic N) is 2. The third-order valence-electron chi connectivity index (χ3n) is 2.49. The first kappa shape index (κ1) is 13.8. The van der Waals surface area contributed by atoms with Crippen molar-refractivity contribution in [1.29, 1.82) is 0 Å². The molecule has 0 fully saturated rings. The number of anilines is 2. The van der Waals surface area contributed by atoms with Gasteiger partial charge < -0.3 is 10.1 Å². The van der Waals surface area contributed by atoms with E-state index in [2.05, 4.69) is 20.6 Å². The van der Waals surface area contributed by atoms with E-state index in [-0.39, 0.29) is 0 Å². The maximum atomic E-state index is 11.2. The van der Waals surface area contributed by atoms with Gasteiger partial charge in [0.1, 0.15) is 5.82 Å². The molecule has 0 saturated heterocycles. The highest BCUT2D eigenvalue weighted by Crippen LogP contribution is 2.11. The lowest BCUT2D eigenvalue weighted by Crippen LogP contribution is -2.14. The number of nitrogens with one attached hydrogen (secondary N) is 2. The molecular weight excluding hydrogens is 256 g/mol. The van der Waals surface area contributed by atoms with Gasteiger partial charge in [0.05, 0.1) is 18.5 Å². The Morgan fingerprint density at radius 1 is 1.30 bits per heavy atom. The van der Waals surface area contributed by atoms with Crippen LogP contribution in [0.5, 0.6) is 0 Å². The number of carbonyl (C=O) groups excluding carboxylic acids is 1. The number of hydrogen-bond acceptors (Lipinski definition) is 5. The third kappa shape index (κ3) is 4.24. The van der Waals surface area contributed by atoms with Gasteiger partial charge in [-0.05, 0) is 30.7 Å². The number of pyridine rings is 2. The van der Waals surface area contributed by atoms with Gasteiger partial charge in [-0.1, -0.05) is 6.07 Å². The van der Waals surface area contributed by atoms with Gasteiger partial charge in [0, 0.05) is 18.9 Å². The van der Waals surface area contributed by atoms with Crippen LogP contribution in [0.2, 0.25) is 0 Å². The Balaban J connectivity index is 1.87. The minimum Gasteiger partial charge on any atom is -0.450 e. The maximum absolute atomic E-state index is 11.2. The normalized spacial score (nSPS) is 9.85. The lowest BCUT2D eigenvalue weighted by molar-refractivity contribution is 0.168. The zero-order chi connectivity index (χ0) is 14.2. The first-order chi connectivity index (χ1) is 9.78. The van der Waals surface area contributed by atoms with Crippen molar-refractivity contribution in [3.05, 3.63) is 48.4 Å². The van der Waals surface area contributed by atoms with Crippen LogP contribution in [-0.2, 0) is 11.3 Å². The Hall–Kier alpha value is -2.63. The van der Waals surface area contributed by atoms with Gasteiger partial charge in [-0.25, -0.2) is 9.78 Å². The van der Waals surface area contributed by atoms with Crippen LogP contribution in [0.1, 0.15) is 12.5 Å². The zero-order valence-electron chi connectivity index (χ0n) is 11.2. The van der Waals surface area contributed by atoms with Crippen molar-refractivity contribution >= 4 is 17.6 Å². The van der Waals surface area contributed by atoms with Crippen LogP contribution in [0, 0.1) is 0 Å². The van der Waals surface area contributed by atoms with Crippen molar-refractivity contribution in [2.24, 2.45) is 0 Å². The molecule has 0 radical (unpaired) electrons. The molecule has 0 aromatic carbocycles. The third-order valence-corrected chi connectivity index (χ3v) is 2.49. The van der Waals surface area contributed by atoms with Gasteiger partial charge in [-0.15, -0.1) is 0 Å². The Morgan fingerprint density at radius 3 is 2.85 bits per heavy atom. The summed E-state index contributed by atoms with van der Waals surface area (Å²) in [5, 5.41) is 5.75. The van der Waals surface area contributed by atoms with Crippen molar-refractivity contribution in [1.82, 2.24) is 9.97 Å². The maximum Gasteiger partial charge on any atom is 0.412 e. The van der Waals surface area contributed by atoms with Crippen LogP contribution in [0.3, 0.4) is 0 Å². The topological polar surface area (TPSA) is 76.1 Å². The molecule has 2 aromatic heterocycles. The van der Waals surface area contributed by atoms with E-state index in [0.29, 0.717) is 19.0 Å². The van der Waals surface area contributed by atoms with E-state index >= 15 is 0 Å². The molecule has 2 N–H and O–H groups in total. The first-order valence-corrected chi connectivity index (χ1v) is 6.30. The molecule has 0 unspecified atom stereocenters. The van der Waals surface area contributed by atoms with Gasteiger partial charge in [-0.2, -0.15) is 0 Å². The lowest BCUT2D eigenvalue weighted by Gasteiger charge is -2.07. The fraction of sp³-hybridized carbons (Fsp3) is 0.214. The summed E-state index contributed by atoms with van der Waals surface area (Å²) in [6.07, 6.45) is 4.69. The summed E-state index contributed by atoms with van der Waals surface area (Å²) in [5.41, 5.74) is 1.95. The molecule has 2 aromatic rings. The van der Waals surface area contributed by atoms with Gasteiger partial charge in [-0.3, -0.25) is 10.3 Å². The highest BCUT2D eigenvalue weighted by atomic mass is 16.5. The largest absolute Gasteiger partial charge is 0.450 e. The highest BCUT2D eigenvalue weighted by molar-refractivity contribution is 5.83. The number of carbonyl (C=O) groups is 1. The second kappa shape index (κ2) is 7.08. The Bertz CT molecular complexity index is 543. The average Bonchev–Trinajstić information content (AvgIpc) is 2.48. The minimum absolute atomic E-state index is 0.330. The molecule has 6 heteroatoms. The molecule has 0 spiro atoms. The fourth-order valence-electron chi connectivity index (χ4n) is 1.55. The molecule has 2 rings (SSSR count). The van der Waals surface area contributed by atoms with E-state index in [9.17, 15) is 4.79 Å². The predicted molar refractivity (Wildman–Crippen MR) is 76.4 cm³/mol. The van der Waals surface area contributed by atoms with E-state index in [1.165, 1.54) is 0 Å². The van der Waals surface area contributed by atoms with Crippen LogP contribution in [0.4, 0.5) is 16.3 Å². The number of hydrogen-bond donors (Lipinski definition) is 2. The Kier molecular flexibility index (Phi) is 4.88. The first-order valence-electron chi connectivity index (χ1n) is 6.30. The molecule has 0 bridgehead atoms. The van der Waals surface area contributed by atoms with Gasteiger partial charge in [0.2, 0.25) is 0 Å². The molecule has 104 valence electrons. The van der Waals surface area contributed by atoms with Crippen molar-refractivity contribution < 1.29 is 9.53 Å². The van der Waals surface area contributed by atoms with Crippen molar-refractivity contribution in [3.8, 4) is 0 Å². The molecule has 1 amide bonds. The van der Waals surface area contributed by atoms with Crippen molar-refractivity contribution in [3.63, 3.8) is 0 Å². The quantitative estimate of drug-likeness (QED) is 0.875. The van der Waals surface area contributed by atoms with E-state index in [1.807, 2.05) is 18.2 Å². The van der Waals surface area contributed by atoms with Gasteiger partial charge >= 0.3 is 6.09 Å². The summed E-state index contributed by atoms with van der Waals surface area (Å²) >= 11 is 0. The second-order valence-corrected chi connectivity index (χ2v) is 3.99. The van der Waals surface area contributed by atoms with Crippen LogP contribution in [-0.4, -0.2) is 22.7 Å². The molecule has 0 aliphatic rings. The summed E-state index contributed by atoms with van der Waals surface area (Å²) in [6.45, 7) is 2.75. The molecule has 0 aliphatic heterocycles. The fourth-order valence-corrected chi connectivity index (χ4v) is 1.55.